The number of nitrogens with zero attached hydrogens (tertiary/aromatic N) is 1. The molecule has 0 aliphatic carbocycles. The third-order valence-electron chi connectivity index (χ3n) is 2.32. The van der Waals surface area contributed by atoms with Crippen LogP contribution in [-0.4, -0.2) is 18.1 Å². The molecule has 3 nitrogen and oxygen atoms in total. The first-order valence-corrected chi connectivity index (χ1v) is 5.08. The van der Waals surface area contributed by atoms with Gasteiger partial charge in [-0.05, 0) is 31.0 Å². The van der Waals surface area contributed by atoms with E-state index in [1.54, 1.807) is 0 Å². The Morgan fingerprint density at radius 2 is 2.50 bits per heavy atom. The minimum absolute atomic E-state index is 0.154. The zero-order valence-corrected chi connectivity index (χ0v) is 8.59. The van der Waals surface area contributed by atoms with Crippen LogP contribution in [0.1, 0.15) is 18.9 Å². The van der Waals surface area contributed by atoms with Gasteiger partial charge in [0.25, 0.3) is 0 Å². The summed E-state index contributed by atoms with van der Waals surface area (Å²) in [6.45, 7) is 3.79. The van der Waals surface area contributed by atoms with Crippen molar-refractivity contribution in [3.8, 4) is 6.07 Å². The Morgan fingerprint density at radius 3 is 3.07 bits per heavy atom. The minimum atomic E-state index is 0.154. The summed E-state index contributed by atoms with van der Waals surface area (Å²) in [6, 6.07) is 4.35. The zero-order valence-electron chi connectivity index (χ0n) is 8.59. The second kappa shape index (κ2) is 6.22. The van der Waals surface area contributed by atoms with Gasteiger partial charge >= 0.3 is 0 Å². The van der Waals surface area contributed by atoms with Crippen LogP contribution >= 0.6 is 0 Å². The Balaban J connectivity index is 2.08. The number of aromatic amines is 1. The molecule has 0 bridgehead atoms. The zero-order chi connectivity index (χ0) is 10.2. The van der Waals surface area contributed by atoms with Crippen LogP contribution in [-0.2, 0) is 6.42 Å². The van der Waals surface area contributed by atoms with E-state index < -0.39 is 0 Å². The number of nitrogens with one attached hydrogen (secondary N) is 2. The predicted molar refractivity (Wildman–Crippen MR) is 56.8 cm³/mol. The monoisotopic (exact) mass is 191 g/mol. The van der Waals surface area contributed by atoms with Crippen molar-refractivity contribution < 1.29 is 0 Å². The summed E-state index contributed by atoms with van der Waals surface area (Å²) in [5, 5.41) is 12.0. The van der Waals surface area contributed by atoms with E-state index in [-0.39, 0.29) is 5.92 Å². The molecule has 0 aromatic carbocycles. The maximum Gasteiger partial charge on any atom is 0.0669 e. The van der Waals surface area contributed by atoms with Gasteiger partial charge in [0.05, 0.1) is 12.0 Å². The molecule has 1 aromatic rings. The number of H-pyrrole nitrogens is 1. The summed E-state index contributed by atoms with van der Waals surface area (Å²) in [7, 11) is 0. The number of aromatic nitrogens is 1. The number of hydrogen-bond acceptors (Lipinski definition) is 2. The quantitative estimate of drug-likeness (QED) is 0.672. The lowest BCUT2D eigenvalue weighted by Gasteiger charge is -2.06. The van der Waals surface area contributed by atoms with Gasteiger partial charge in [-0.15, -0.1) is 0 Å². The lowest BCUT2D eigenvalue weighted by atomic mass is 10.1. The maximum absolute atomic E-state index is 8.71. The highest BCUT2D eigenvalue weighted by Crippen LogP contribution is 1.99. The van der Waals surface area contributed by atoms with E-state index in [2.05, 4.69) is 22.4 Å². The lowest BCUT2D eigenvalue weighted by Crippen LogP contribution is -2.23. The van der Waals surface area contributed by atoms with Gasteiger partial charge < -0.3 is 10.3 Å². The Hall–Kier alpha value is -1.27. The molecule has 0 amide bonds. The molecule has 0 radical (unpaired) electrons. The first-order chi connectivity index (χ1) is 6.86. The van der Waals surface area contributed by atoms with E-state index in [4.69, 9.17) is 5.26 Å². The molecule has 1 unspecified atom stereocenters. The van der Waals surface area contributed by atoms with Gasteiger partial charge in [0.15, 0.2) is 0 Å². The molecule has 1 heterocycles. The fourth-order valence-corrected chi connectivity index (χ4v) is 1.30. The van der Waals surface area contributed by atoms with E-state index in [0.29, 0.717) is 0 Å². The summed E-state index contributed by atoms with van der Waals surface area (Å²) < 4.78 is 0. The van der Waals surface area contributed by atoms with Crippen LogP contribution in [0.3, 0.4) is 0 Å². The average Bonchev–Trinajstić information content (AvgIpc) is 2.71. The fourth-order valence-electron chi connectivity index (χ4n) is 1.30. The van der Waals surface area contributed by atoms with Gasteiger partial charge in [-0.3, -0.25) is 0 Å². The Morgan fingerprint density at radius 1 is 1.64 bits per heavy atom. The van der Waals surface area contributed by atoms with Crippen LogP contribution in [0.25, 0.3) is 0 Å². The standard InChI is InChI=1S/C11H17N3/c1-2-10(7-12)8-13-5-3-11-4-6-14-9-11/h4,6,9-10,13-14H,2-3,5,8H2,1H3. The molecule has 0 aliphatic rings. The molecule has 0 fully saturated rings. The summed E-state index contributed by atoms with van der Waals surface area (Å²) >= 11 is 0. The van der Waals surface area contributed by atoms with Gasteiger partial charge in [0.2, 0.25) is 0 Å². The SMILES string of the molecule is CCC(C#N)CNCCc1cc[nH]c1. The molecule has 2 N–H and O–H groups in total. The molecule has 76 valence electrons. The predicted octanol–water partition coefficient (Wildman–Crippen LogP) is 1.70. The van der Waals surface area contributed by atoms with Crippen molar-refractivity contribution in [3.63, 3.8) is 0 Å². The summed E-state index contributed by atoms with van der Waals surface area (Å²) in [5.74, 6) is 0.154. The van der Waals surface area contributed by atoms with Crippen molar-refractivity contribution in [2.45, 2.75) is 19.8 Å². The molecule has 1 atom stereocenters. The van der Waals surface area contributed by atoms with E-state index in [1.165, 1.54) is 5.56 Å². The summed E-state index contributed by atoms with van der Waals surface area (Å²) in [4.78, 5) is 3.02. The number of nitriles is 1. The van der Waals surface area contributed by atoms with Crippen LogP contribution in [0, 0.1) is 17.2 Å². The third kappa shape index (κ3) is 3.63. The van der Waals surface area contributed by atoms with Crippen molar-refractivity contribution in [3.05, 3.63) is 24.0 Å². The second-order valence-corrected chi connectivity index (χ2v) is 3.41. The smallest absolute Gasteiger partial charge is 0.0669 e. The molecule has 14 heavy (non-hydrogen) atoms. The molecule has 0 saturated carbocycles. The molecule has 1 aromatic heterocycles. The van der Waals surface area contributed by atoms with Crippen molar-refractivity contribution in [2.75, 3.05) is 13.1 Å². The lowest BCUT2D eigenvalue weighted by molar-refractivity contribution is 0.555. The van der Waals surface area contributed by atoms with Crippen molar-refractivity contribution in [1.29, 1.82) is 5.26 Å². The Labute approximate surface area is 85.1 Å². The average molecular weight is 191 g/mol. The second-order valence-electron chi connectivity index (χ2n) is 3.41. The highest BCUT2D eigenvalue weighted by Gasteiger charge is 2.02. The van der Waals surface area contributed by atoms with E-state index >= 15 is 0 Å². The van der Waals surface area contributed by atoms with Gasteiger partial charge in [-0.25, -0.2) is 0 Å². The molecular weight excluding hydrogens is 174 g/mol. The van der Waals surface area contributed by atoms with Crippen LogP contribution < -0.4 is 5.32 Å². The fraction of sp³-hybridized carbons (Fsp3) is 0.545. The van der Waals surface area contributed by atoms with Gasteiger partial charge in [0, 0.05) is 18.9 Å². The molecule has 0 saturated heterocycles. The third-order valence-corrected chi connectivity index (χ3v) is 2.32. The number of rotatable bonds is 6. The highest BCUT2D eigenvalue weighted by molar-refractivity contribution is 5.08. The summed E-state index contributed by atoms with van der Waals surface area (Å²) in [5.41, 5.74) is 1.31. The highest BCUT2D eigenvalue weighted by atomic mass is 14.9. The number of hydrogen-bond donors (Lipinski definition) is 2. The van der Waals surface area contributed by atoms with Crippen LogP contribution in [0.4, 0.5) is 0 Å². The van der Waals surface area contributed by atoms with E-state index in [9.17, 15) is 0 Å². The minimum Gasteiger partial charge on any atom is -0.367 e. The van der Waals surface area contributed by atoms with Crippen LogP contribution in [0.2, 0.25) is 0 Å². The first kappa shape index (κ1) is 10.8. The largest absolute Gasteiger partial charge is 0.367 e. The van der Waals surface area contributed by atoms with Crippen LogP contribution in [0.15, 0.2) is 18.5 Å². The molecule has 1 rings (SSSR count). The van der Waals surface area contributed by atoms with Crippen molar-refractivity contribution in [1.82, 2.24) is 10.3 Å². The van der Waals surface area contributed by atoms with E-state index in [1.807, 2.05) is 19.3 Å². The maximum atomic E-state index is 8.71. The molecular formula is C11H17N3. The summed E-state index contributed by atoms with van der Waals surface area (Å²) in [6.07, 6.45) is 5.88. The first-order valence-electron chi connectivity index (χ1n) is 5.08. The van der Waals surface area contributed by atoms with Crippen LogP contribution in [0.5, 0.6) is 0 Å². The van der Waals surface area contributed by atoms with Gasteiger partial charge in [-0.2, -0.15) is 5.26 Å². The van der Waals surface area contributed by atoms with Gasteiger partial charge in [0.1, 0.15) is 0 Å². The Kier molecular flexibility index (Phi) is 4.81. The topological polar surface area (TPSA) is 51.6 Å². The Bertz CT molecular complexity index is 271. The van der Waals surface area contributed by atoms with Crippen molar-refractivity contribution in [2.24, 2.45) is 5.92 Å². The van der Waals surface area contributed by atoms with Crippen molar-refractivity contribution >= 4 is 0 Å². The van der Waals surface area contributed by atoms with Gasteiger partial charge in [-0.1, -0.05) is 6.92 Å². The molecule has 0 spiro atoms. The normalized spacial score (nSPS) is 12.3. The van der Waals surface area contributed by atoms with E-state index in [0.717, 1.165) is 25.9 Å². The molecule has 0 aliphatic heterocycles. The molecule has 3 heteroatoms.